The summed E-state index contributed by atoms with van der Waals surface area (Å²) in [5.74, 6) is 0.824. The number of allylic oxidation sites excluding steroid dienone is 2. The average molecular weight is 173 g/mol. The van der Waals surface area contributed by atoms with E-state index >= 15 is 0 Å². The van der Waals surface area contributed by atoms with Gasteiger partial charge in [-0.1, -0.05) is 38.4 Å². The largest absolute Gasteiger partial charge is 0.0895 e. The molecule has 0 N–H and O–H groups in total. The Hall–Kier alpha value is 0.0300. The summed E-state index contributed by atoms with van der Waals surface area (Å²) < 4.78 is 0. The first-order valence-electron chi connectivity index (χ1n) is 4.34. The lowest BCUT2D eigenvalue weighted by Gasteiger charge is -2.32. The van der Waals surface area contributed by atoms with Crippen LogP contribution in [0, 0.1) is 11.3 Å². The normalized spacial score (nSPS) is 26.5. The van der Waals surface area contributed by atoms with E-state index in [1.54, 1.807) is 0 Å². The first-order valence-corrected chi connectivity index (χ1v) is 4.72. The Morgan fingerprint density at radius 1 is 1.45 bits per heavy atom. The van der Waals surface area contributed by atoms with Gasteiger partial charge in [-0.25, -0.2) is 0 Å². The highest BCUT2D eigenvalue weighted by Crippen LogP contribution is 2.37. The molecule has 64 valence electrons. The van der Waals surface area contributed by atoms with Crippen LogP contribution in [-0.2, 0) is 0 Å². The van der Waals surface area contributed by atoms with Gasteiger partial charge in [-0.2, -0.15) is 0 Å². The molecule has 1 unspecified atom stereocenters. The van der Waals surface area contributed by atoms with Crippen molar-refractivity contribution in [2.75, 3.05) is 0 Å². The van der Waals surface area contributed by atoms with Gasteiger partial charge in [0.25, 0.3) is 0 Å². The molecular formula is C10H17Cl. The second-order valence-electron chi connectivity index (χ2n) is 4.49. The van der Waals surface area contributed by atoms with Gasteiger partial charge in [-0.15, -0.1) is 0 Å². The first kappa shape index (κ1) is 9.12. The summed E-state index contributed by atoms with van der Waals surface area (Å²) in [6, 6.07) is 0. The summed E-state index contributed by atoms with van der Waals surface area (Å²) in [5.41, 5.74) is 0.452. The second kappa shape index (κ2) is 3.18. The van der Waals surface area contributed by atoms with E-state index in [0.29, 0.717) is 5.41 Å². The third-order valence-electron chi connectivity index (χ3n) is 2.58. The molecule has 0 radical (unpaired) electrons. The predicted molar refractivity (Wildman–Crippen MR) is 50.7 cm³/mol. The van der Waals surface area contributed by atoms with Gasteiger partial charge in [-0.3, -0.25) is 0 Å². The van der Waals surface area contributed by atoms with Gasteiger partial charge in [0.1, 0.15) is 0 Å². The van der Waals surface area contributed by atoms with Crippen LogP contribution in [0.5, 0.6) is 0 Å². The zero-order valence-electron chi connectivity index (χ0n) is 7.65. The van der Waals surface area contributed by atoms with Crippen molar-refractivity contribution in [1.29, 1.82) is 0 Å². The molecule has 1 aliphatic carbocycles. The van der Waals surface area contributed by atoms with Crippen LogP contribution in [0.2, 0.25) is 0 Å². The molecule has 0 saturated heterocycles. The molecule has 0 spiro atoms. The highest BCUT2D eigenvalue weighted by atomic mass is 35.5. The smallest absolute Gasteiger partial charge is 0.0141 e. The molecule has 0 heterocycles. The van der Waals surface area contributed by atoms with Crippen molar-refractivity contribution in [2.45, 2.75) is 40.0 Å². The highest BCUT2D eigenvalue weighted by molar-refractivity contribution is 6.29. The van der Waals surface area contributed by atoms with Crippen LogP contribution < -0.4 is 0 Å². The van der Waals surface area contributed by atoms with E-state index in [0.717, 1.165) is 17.4 Å². The molecule has 1 atom stereocenters. The minimum atomic E-state index is 0.452. The topological polar surface area (TPSA) is 0 Å². The highest BCUT2D eigenvalue weighted by Gasteiger charge is 2.25. The van der Waals surface area contributed by atoms with Gasteiger partial charge < -0.3 is 0 Å². The molecule has 0 fully saturated rings. The van der Waals surface area contributed by atoms with Gasteiger partial charge in [0.05, 0.1) is 0 Å². The summed E-state index contributed by atoms with van der Waals surface area (Å²) in [7, 11) is 0. The van der Waals surface area contributed by atoms with Gasteiger partial charge in [0.15, 0.2) is 0 Å². The molecule has 0 saturated carbocycles. The Kier molecular flexibility index (Phi) is 2.64. The van der Waals surface area contributed by atoms with Crippen LogP contribution in [0.4, 0.5) is 0 Å². The van der Waals surface area contributed by atoms with Crippen LogP contribution in [-0.4, -0.2) is 0 Å². The van der Waals surface area contributed by atoms with E-state index in [-0.39, 0.29) is 0 Å². The molecule has 0 amide bonds. The van der Waals surface area contributed by atoms with Crippen LogP contribution in [0.3, 0.4) is 0 Å². The third kappa shape index (κ3) is 2.52. The minimum Gasteiger partial charge on any atom is -0.0895 e. The minimum absolute atomic E-state index is 0.452. The molecular weight excluding hydrogens is 156 g/mol. The molecule has 0 aliphatic heterocycles. The summed E-state index contributed by atoms with van der Waals surface area (Å²) in [6.07, 6.45) is 5.70. The molecule has 0 aromatic rings. The van der Waals surface area contributed by atoms with Crippen molar-refractivity contribution < 1.29 is 0 Å². The molecule has 11 heavy (non-hydrogen) atoms. The quantitative estimate of drug-likeness (QED) is 0.519. The maximum Gasteiger partial charge on any atom is 0.0141 e. The molecule has 0 nitrogen and oxygen atoms in total. The van der Waals surface area contributed by atoms with Crippen LogP contribution in [0.1, 0.15) is 40.0 Å². The Bertz CT molecular complexity index is 162. The summed E-state index contributed by atoms with van der Waals surface area (Å²) in [6.45, 7) is 6.93. The fourth-order valence-corrected chi connectivity index (χ4v) is 1.79. The number of rotatable bonds is 0. The van der Waals surface area contributed by atoms with Crippen LogP contribution >= 0.6 is 11.6 Å². The zero-order chi connectivity index (χ0) is 8.48. The van der Waals surface area contributed by atoms with Crippen molar-refractivity contribution in [3.8, 4) is 0 Å². The van der Waals surface area contributed by atoms with Gasteiger partial charge in [-0.05, 0) is 30.6 Å². The van der Waals surface area contributed by atoms with E-state index in [9.17, 15) is 0 Å². The van der Waals surface area contributed by atoms with E-state index in [4.69, 9.17) is 11.6 Å². The fourth-order valence-electron chi connectivity index (χ4n) is 1.59. The van der Waals surface area contributed by atoms with E-state index in [1.807, 2.05) is 0 Å². The van der Waals surface area contributed by atoms with Crippen LogP contribution in [0.25, 0.3) is 0 Å². The standard InChI is InChI=1S/C10H17Cl/c1-10(2,3)8-4-6-9(11)7-5-8/h6,8H,4-5,7H2,1-3H3. The van der Waals surface area contributed by atoms with E-state index in [2.05, 4.69) is 26.8 Å². The monoisotopic (exact) mass is 172 g/mol. The third-order valence-corrected chi connectivity index (χ3v) is 2.92. The number of hydrogen-bond donors (Lipinski definition) is 0. The molecule has 1 heteroatoms. The SMILES string of the molecule is CC(C)(C)C1CC=C(Cl)CC1. The first-order chi connectivity index (χ1) is 5.00. The molecule has 0 aromatic carbocycles. The lowest BCUT2D eigenvalue weighted by atomic mass is 9.74. The van der Waals surface area contributed by atoms with Gasteiger partial charge in [0.2, 0.25) is 0 Å². The Morgan fingerprint density at radius 2 is 2.09 bits per heavy atom. The fraction of sp³-hybridized carbons (Fsp3) is 0.800. The van der Waals surface area contributed by atoms with Crippen molar-refractivity contribution >= 4 is 11.6 Å². The van der Waals surface area contributed by atoms with Crippen molar-refractivity contribution in [1.82, 2.24) is 0 Å². The van der Waals surface area contributed by atoms with E-state index in [1.165, 1.54) is 12.8 Å². The van der Waals surface area contributed by atoms with Gasteiger partial charge >= 0.3 is 0 Å². The Labute approximate surface area is 74.6 Å². The van der Waals surface area contributed by atoms with Crippen molar-refractivity contribution in [3.63, 3.8) is 0 Å². The molecule has 1 aliphatic rings. The summed E-state index contributed by atoms with van der Waals surface area (Å²) in [5, 5.41) is 1.06. The molecule has 1 rings (SSSR count). The van der Waals surface area contributed by atoms with Crippen LogP contribution in [0.15, 0.2) is 11.1 Å². The summed E-state index contributed by atoms with van der Waals surface area (Å²) in [4.78, 5) is 0. The van der Waals surface area contributed by atoms with E-state index < -0.39 is 0 Å². The number of hydrogen-bond acceptors (Lipinski definition) is 0. The maximum atomic E-state index is 5.89. The Morgan fingerprint density at radius 3 is 2.45 bits per heavy atom. The van der Waals surface area contributed by atoms with Gasteiger partial charge in [0, 0.05) is 5.03 Å². The maximum absolute atomic E-state index is 5.89. The molecule has 0 aromatic heterocycles. The second-order valence-corrected chi connectivity index (χ2v) is 4.97. The zero-order valence-corrected chi connectivity index (χ0v) is 8.41. The lowest BCUT2D eigenvalue weighted by Crippen LogP contribution is -2.21. The summed E-state index contributed by atoms with van der Waals surface area (Å²) >= 11 is 5.89. The lowest BCUT2D eigenvalue weighted by molar-refractivity contribution is 0.222. The molecule has 0 bridgehead atoms. The van der Waals surface area contributed by atoms with Crippen molar-refractivity contribution in [2.24, 2.45) is 11.3 Å². The predicted octanol–water partition coefficient (Wildman–Crippen LogP) is 3.96. The average Bonchev–Trinajstić information content (AvgIpc) is 1.86. The van der Waals surface area contributed by atoms with Crippen molar-refractivity contribution in [3.05, 3.63) is 11.1 Å². The Balaban J connectivity index is 2.54. The number of halogens is 1.